The molecular weight excluding hydrogens is 230 g/mol. The molecule has 0 N–H and O–H groups in total. The monoisotopic (exact) mass is 255 g/mol. The van der Waals surface area contributed by atoms with E-state index in [0.717, 1.165) is 31.9 Å². The first kappa shape index (κ1) is 15.1. The Hall–Kier alpha value is -0.940. The molecule has 18 heavy (non-hydrogen) atoms. The second-order valence-corrected chi connectivity index (χ2v) is 5.53. The van der Waals surface area contributed by atoms with Gasteiger partial charge in [0.1, 0.15) is 5.69 Å². The van der Waals surface area contributed by atoms with Crippen molar-refractivity contribution in [3.05, 3.63) is 11.9 Å². The van der Waals surface area contributed by atoms with Crippen LogP contribution in [0.2, 0.25) is 0 Å². The van der Waals surface area contributed by atoms with E-state index in [1.54, 1.807) is 4.68 Å². The molecule has 1 rings (SSSR count). The van der Waals surface area contributed by atoms with Gasteiger partial charge in [-0.3, -0.25) is 0 Å². The summed E-state index contributed by atoms with van der Waals surface area (Å²) in [6.07, 6.45) is 2.96. The molecule has 0 spiro atoms. The van der Waals surface area contributed by atoms with E-state index in [2.05, 4.69) is 31.1 Å². The van der Waals surface area contributed by atoms with Crippen LogP contribution in [0.5, 0.6) is 0 Å². The maximum absolute atomic E-state index is 5.59. The molecular formula is C13H25N3O2. The standard InChI is InChI=1S/C13H25N3O2/c1-5-17-9-7-16-10-12(14-15-16)11-18-8-6-13(2,3)4/h10H,5-9,11H2,1-4H3. The van der Waals surface area contributed by atoms with Crippen LogP contribution >= 0.6 is 0 Å². The van der Waals surface area contributed by atoms with Gasteiger partial charge in [-0.15, -0.1) is 5.10 Å². The second kappa shape index (κ2) is 7.48. The normalized spacial score (nSPS) is 12.0. The summed E-state index contributed by atoms with van der Waals surface area (Å²) in [5.74, 6) is 0. The molecule has 0 radical (unpaired) electrons. The van der Waals surface area contributed by atoms with Gasteiger partial charge < -0.3 is 9.47 Å². The fourth-order valence-corrected chi connectivity index (χ4v) is 1.37. The third-order valence-corrected chi connectivity index (χ3v) is 2.50. The highest BCUT2D eigenvalue weighted by Crippen LogP contribution is 2.18. The summed E-state index contributed by atoms with van der Waals surface area (Å²) in [6, 6.07) is 0. The summed E-state index contributed by atoms with van der Waals surface area (Å²) in [4.78, 5) is 0. The Bertz CT molecular complexity index is 331. The van der Waals surface area contributed by atoms with Crippen LogP contribution in [0, 0.1) is 5.41 Å². The Morgan fingerprint density at radius 2 is 2.00 bits per heavy atom. The fourth-order valence-electron chi connectivity index (χ4n) is 1.37. The summed E-state index contributed by atoms with van der Waals surface area (Å²) >= 11 is 0. The smallest absolute Gasteiger partial charge is 0.108 e. The quantitative estimate of drug-likeness (QED) is 0.669. The molecule has 1 aromatic rings. The van der Waals surface area contributed by atoms with Crippen LogP contribution in [-0.4, -0.2) is 34.8 Å². The van der Waals surface area contributed by atoms with Crippen molar-refractivity contribution < 1.29 is 9.47 Å². The minimum absolute atomic E-state index is 0.315. The minimum atomic E-state index is 0.315. The van der Waals surface area contributed by atoms with Crippen molar-refractivity contribution in [1.29, 1.82) is 0 Å². The lowest BCUT2D eigenvalue weighted by molar-refractivity contribution is 0.0940. The summed E-state index contributed by atoms with van der Waals surface area (Å²) in [6.45, 7) is 12.0. The van der Waals surface area contributed by atoms with Gasteiger partial charge in [-0.1, -0.05) is 26.0 Å². The third kappa shape index (κ3) is 6.71. The fraction of sp³-hybridized carbons (Fsp3) is 0.846. The first-order valence-corrected chi connectivity index (χ1v) is 6.56. The van der Waals surface area contributed by atoms with Crippen molar-refractivity contribution in [2.45, 2.75) is 47.3 Å². The number of ether oxygens (including phenoxy) is 2. The molecule has 0 amide bonds. The number of rotatable bonds is 8. The summed E-state index contributed by atoms with van der Waals surface area (Å²) in [5, 5.41) is 8.08. The molecule has 104 valence electrons. The van der Waals surface area contributed by atoms with Crippen molar-refractivity contribution in [2.24, 2.45) is 5.41 Å². The van der Waals surface area contributed by atoms with Gasteiger partial charge in [-0.05, 0) is 18.8 Å². The number of hydrogen-bond acceptors (Lipinski definition) is 4. The molecule has 0 aliphatic carbocycles. The van der Waals surface area contributed by atoms with E-state index >= 15 is 0 Å². The van der Waals surface area contributed by atoms with Gasteiger partial charge in [0.05, 0.1) is 26.0 Å². The topological polar surface area (TPSA) is 49.2 Å². The van der Waals surface area contributed by atoms with Gasteiger partial charge in [-0.25, -0.2) is 4.68 Å². The van der Waals surface area contributed by atoms with E-state index in [4.69, 9.17) is 9.47 Å². The summed E-state index contributed by atoms with van der Waals surface area (Å²) in [7, 11) is 0. The Morgan fingerprint density at radius 3 is 2.67 bits per heavy atom. The van der Waals surface area contributed by atoms with Gasteiger partial charge >= 0.3 is 0 Å². The SMILES string of the molecule is CCOCCn1cc(COCCC(C)(C)C)nn1. The van der Waals surface area contributed by atoms with Crippen LogP contribution in [0.4, 0.5) is 0 Å². The highest BCUT2D eigenvalue weighted by atomic mass is 16.5. The molecule has 5 nitrogen and oxygen atoms in total. The molecule has 0 bridgehead atoms. The lowest BCUT2D eigenvalue weighted by Crippen LogP contribution is -2.09. The first-order chi connectivity index (χ1) is 8.51. The largest absolute Gasteiger partial charge is 0.380 e. The third-order valence-electron chi connectivity index (χ3n) is 2.50. The highest BCUT2D eigenvalue weighted by Gasteiger charge is 2.09. The van der Waals surface area contributed by atoms with E-state index in [1.807, 2.05) is 13.1 Å². The summed E-state index contributed by atoms with van der Waals surface area (Å²) < 4.78 is 12.6. The van der Waals surface area contributed by atoms with Crippen LogP contribution in [0.15, 0.2) is 6.20 Å². The van der Waals surface area contributed by atoms with Gasteiger partial charge in [0.15, 0.2) is 0 Å². The van der Waals surface area contributed by atoms with Gasteiger partial charge in [0.25, 0.3) is 0 Å². The number of aromatic nitrogens is 3. The zero-order valence-corrected chi connectivity index (χ0v) is 12.0. The lowest BCUT2D eigenvalue weighted by Gasteiger charge is -2.17. The molecule has 1 heterocycles. The van der Waals surface area contributed by atoms with E-state index in [0.29, 0.717) is 18.6 Å². The van der Waals surface area contributed by atoms with E-state index in [-0.39, 0.29) is 0 Å². The molecule has 0 aliphatic heterocycles. The van der Waals surface area contributed by atoms with Crippen LogP contribution < -0.4 is 0 Å². The Labute approximate surface area is 109 Å². The molecule has 0 aromatic carbocycles. The predicted octanol–water partition coefficient (Wildman–Crippen LogP) is 2.27. The molecule has 0 unspecified atom stereocenters. The zero-order valence-electron chi connectivity index (χ0n) is 12.0. The Morgan fingerprint density at radius 1 is 1.22 bits per heavy atom. The van der Waals surface area contributed by atoms with Crippen LogP contribution in [-0.2, 0) is 22.6 Å². The molecule has 0 aliphatic rings. The molecule has 0 atom stereocenters. The van der Waals surface area contributed by atoms with Gasteiger partial charge in [-0.2, -0.15) is 0 Å². The van der Waals surface area contributed by atoms with Gasteiger partial charge in [0.2, 0.25) is 0 Å². The number of nitrogens with zero attached hydrogens (tertiary/aromatic N) is 3. The molecule has 0 fully saturated rings. The molecule has 5 heteroatoms. The minimum Gasteiger partial charge on any atom is -0.380 e. The maximum Gasteiger partial charge on any atom is 0.108 e. The van der Waals surface area contributed by atoms with Crippen molar-refractivity contribution >= 4 is 0 Å². The van der Waals surface area contributed by atoms with E-state index in [1.165, 1.54) is 0 Å². The van der Waals surface area contributed by atoms with Crippen LogP contribution in [0.1, 0.15) is 39.8 Å². The lowest BCUT2D eigenvalue weighted by atomic mass is 9.93. The molecule has 0 saturated carbocycles. The van der Waals surface area contributed by atoms with Crippen LogP contribution in [0.3, 0.4) is 0 Å². The average Bonchev–Trinajstić information content (AvgIpc) is 2.72. The van der Waals surface area contributed by atoms with E-state index < -0.39 is 0 Å². The first-order valence-electron chi connectivity index (χ1n) is 6.56. The Balaban J connectivity index is 2.19. The molecule has 1 aromatic heterocycles. The summed E-state index contributed by atoms with van der Waals surface area (Å²) in [5.41, 5.74) is 1.19. The Kier molecular flexibility index (Phi) is 6.29. The molecule has 0 saturated heterocycles. The average molecular weight is 255 g/mol. The van der Waals surface area contributed by atoms with Crippen molar-refractivity contribution in [1.82, 2.24) is 15.0 Å². The van der Waals surface area contributed by atoms with Crippen LogP contribution in [0.25, 0.3) is 0 Å². The zero-order chi connectivity index (χ0) is 13.4. The second-order valence-electron chi connectivity index (χ2n) is 5.53. The highest BCUT2D eigenvalue weighted by molar-refractivity contribution is 4.89. The maximum atomic E-state index is 5.59. The number of hydrogen-bond donors (Lipinski definition) is 0. The van der Waals surface area contributed by atoms with Crippen molar-refractivity contribution in [2.75, 3.05) is 19.8 Å². The van der Waals surface area contributed by atoms with E-state index in [9.17, 15) is 0 Å². The van der Waals surface area contributed by atoms with Crippen molar-refractivity contribution in [3.8, 4) is 0 Å². The predicted molar refractivity (Wildman–Crippen MR) is 70.2 cm³/mol. The van der Waals surface area contributed by atoms with Gasteiger partial charge in [0, 0.05) is 13.2 Å². The van der Waals surface area contributed by atoms with Crippen molar-refractivity contribution in [3.63, 3.8) is 0 Å².